The SMILES string of the molecule is O=C(Cc1ccc2c(c1)OCO2)Nc1ccc(Oc2ncccn2)cc1. The molecule has 3 aromatic rings. The molecule has 1 amide bonds. The van der Waals surface area contributed by atoms with Gasteiger partial charge in [-0.2, -0.15) is 0 Å². The maximum absolute atomic E-state index is 12.2. The molecule has 0 unspecified atom stereocenters. The molecular formula is C19H15N3O4. The van der Waals surface area contributed by atoms with Gasteiger partial charge >= 0.3 is 6.01 Å². The Balaban J connectivity index is 1.35. The molecule has 2 aromatic carbocycles. The number of amides is 1. The van der Waals surface area contributed by atoms with Crippen LogP contribution in [0.2, 0.25) is 0 Å². The quantitative estimate of drug-likeness (QED) is 0.762. The van der Waals surface area contributed by atoms with E-state index in [1.165, 1.54) is 0 Å². The number of fused-ring (bicyclic) bond motifs is 1. The lowest BCUT2D eigenvalue weighted by Crippen LogP contribution is -2.14. The van der Waals surface area contributed by atoms with Crippen LogP contribution >= 0.6 is 0 Å². The van der Waals surface area contributed by atoms with Crippen molar-refractivity contribution in [2.45, 2.75) is 6.42 Å². The van der Waals surface area contributed by atoms with E-state index >= 15 is 0 Å². The van der Waals surface area contributed by atoms with Crippen LogP contribution in [0.4, 0.5) is 5.69 Å². The Morgan fingerprint density at radius 1 is 1.04 bits per heavy atom. The standard InChI is InChI=1S/C19H15N3O4/c23-18(11-13-2-7-16-17(10-13)25-12-24-16)22-14-3-5-15(6-4-14)26-19-20-8-1-9-21-19/h1-10H,11-12H2,(H,22,23). The molecule has 0 fully saturated rings. The van der Waals surface area contributed by atoms with E-state index in [4.69, 9.17) is 14.2 Å². The average molecular weight is 349 g/mol. The molecule has 2 heterocycles. The molecule has 0 aliphatic carbocycles. The Morgan fingerprint density at radius 2 is 1.81 bits per heavy atom. The Labute approximate surface area is 149 Å². The van der Waals surface area contributed by atoms with Crippen molar-refractivity contribution in [2.75, 3.05) is 12.1 Å². The molecule has 0 radical (unpaired) electrons. The van der Waals surface area contributed by atoms with Gasteiger partial charge in [0.15, 0.2) is 11.5 Å². The lowest BCUT2D eigenvalue weighted by molar-refractivity contribution is -0.115. The van der Waals surface area contributed by atoms with E-state index in [-0.39, 0.29) is 25.1 Å². The third-order valence-corrected chi connectivity index (χ3v) is 3.69. The minimum absolute atomic E-state index is 0.121. The van der Waals surface area contributed by atoms with E-state index in [0.717, 1.165) is 5.56 Å². The van der Waals surface area contributed by atoms with Crippen LogP contribution in [-0.2, 0) is 11.2 Å². The molecule has 0 bridgehead atoms. The third kappa shape index (κ3) is 3.72. The van der Waals surface area contributed by atoms with E-state index in [1.807, 2.05) is 18.2 Å². The summed E-state index contributed by atoms with van der Waals surface area (Å²) >= 11 is 0. The van der Waals surface area contributed by atoms with Crippen LogP contribution in [0.1, 0.15) is 5.56 Å². The molecule has 26 heavy (non-hydrogen) atoms. The zero-order valence-electron chi connectivity index (χ0n) is 13.7. The van der Waals surface area contributed by atoms with E-state index in [1.54, 1.807) is 42.7 Å². The Bertz CT molecular complexity index is 914. The first-order valence-corrected chi connectivity index (χ1v) is 7.99. The van der Waals surface area contributed by atoms with Crippen LogP contribution in [0.5, 0.6) is 23.3 Å². The highest BCUT2D eigenvalue weighted by Crippen LogP contribution is 2.32. The van der Waals surface area contributed by atoms with Crippen LogP contribution in [0.3, 0.4) is 0 Å². The van der Waals surface area contributed by atoms with Gasteiger partial charge in [0.2, 0.25) is 12.7 Å². The minimum Gasteiger partial charge on any atom is -0.454 e. The van der Waals surface area contributed by atoms with Crippen molar-refractivity contribution in [3.05, 3.63) is 66.5 Å². The fraction of sp³-hybridized carbons (Fsp3) is 0.105. The van der Waals surface area contributed by atoms with Gasteiger partial charge in [-0.3, -0.25) is 4.79 Å². The first-order chi connectivity index (χ1) is 12.8. The Morgan fingerprint density at radius 3 is 2.62 bits per heavy atom. The molecule has 1 N–H and O–H groups in total. The molecule has 0 saturated carbocycles. The van der Waals surface area contributed by atoms with Gasteiger partial charge in [-0.1, -0.05) is 6.07 Å². The number of hydrogen-bond acceptors (Lipinski definition) is 6. The minimum atomic E-state index is -0.121. The van der Waals surface area contributed by atoms with Crippen LogP contribution in [0.15, 0.2) is 60.9 Å². The number of hydrogen-bond donors (Lipinski definition) is 1. The molecule has 0 atom stereocenters. The maximum atomic E-state index is 12.2. The average Bonchev–Trinajstić information content (AvgIpc) is 3.12. The fourth-order valence-electron chi connectivity index (χ4n) is 2.49. The lowest BCUT2D eigenvalue weighted by Gasteiger charge is -2.07. The van der Waals surface area contributed by atoms with Gasteiger partial charge in [0, 0.05) is 18.1 Å². The number of nitrogens with zero attached hydrogens (tertiary/aromatic N) is 2. The number of rotatable bonds is 5. The first-order valence-electron chi connectivity index (χ1n) is 7.99. The molecule has 1 aliphatic heterocycles. The summed E-state index contributed by atoms with van der Waals surface area (Å²) in [4.78, 5) is 20.2. The van der Waals surface area contributed by atoms with Crippen molar-refractivity contribution in [2.24, 2.45) is 0 Å². The Hall–Kier alpha value is -3.61. The topological polar surface area (TPSA) is 82.6 Å². The predicted molar refractivity (Wildman–Crippen MR) is 93.4 cm³/mol. The second-order valence-electron chi connectivity index (χ2n) is 5.57. The molecule has 0 spiro atoms. The Kier molecular flexibility index (Phi) is 4.34. The highest BCUT2D eigenvalue weighted by molar-refractivity contribution is 5.92. The molecule has 0 saturated heterocycles. The molecular weight excluding hydrogens is 334 g/mol. The lowest BCUT2D eigenvalue weighted by atomic mass is 10.1. The van der Waals surface area contributed by atoms with E-state index in [9.17, 15) is 4.79 Å². The molecule has 7 heteroatoms. The number of nitrogens with one attached hydrogen (secondary N) is 1. The van der Waals surface area contributed by atoms with Crippen molar-refractivity contribution in [1.82, 2.24) is 9.97 Å². The fourth-order valence-corrected chi connectivity index (χ4v) is 2.49. The maximum Gasteiger partial charge on any atom is 0.321 e. The monoisotopic (exact) mass is 349 g/mol. The van der Waals surface area contributed by atoms with E-state index < -0.39 is 0 Å². The van der Waals surface area contributed by atoms with Crippen LogP contribution in [0, 0.1) is 0 Å². The van der Waals surface area contributed by atoms with Crippen LogP contribution < -0.4 is 19.5 Å². The van der Waals surface area contributed by atoms with Crippen molar-refractivity contribution in [1.29, 1.82) is 0 Å². The van der Waals surface area contributed by atoms with Gasteiger partial charge < -0.3 is 19.5 Å². The van der Waals surface area contributed by atoms with Crippen LogP contribution in [-0.4, -0.2) is 22.7 Å². The zero-order valence-corrected chi connectivity index (χ0v) is 13.7. The summed E-state index contributed by atoms with van der Waals surface area (Å²) < 4.78 is 16.1. The molecule has 1 aromatic heterocycles. The van der Waals surface area contributed by atoms with Crippen molar-refractivity contribution in [3.63, 3.8) is 0 Å². The van der Waals surface area contributed by atoms with Gasteiger partial charge in [-0.25, -0.2) is 9.97 Å². The van der Waals surface area contributed by atoms with Gasteiger partial charge in [-0.15, -0.1) is 0 Å². The number of aromatic nitrogens is 2. The summed E-state index contributed by atoms with van der Waals surface area (Å²) in [6.45, 7) is 0.216. The molecule has 1 aliphatic rings. The highest BCUT2D eigenvalue weighted by atomic mass is 16.7. The first kappa shape index (κ1) is 15.9. The summed E-state index contributed by atoms with van der Waals surface area (Å²) in [5.74, 6) is 1.83. The third-order valence-electron chi connectivity index (χ3n) is 3.69. The van der Waals surface area contributed by atoms with Crippen LogP contribution in [0.25, 0.3) is 0 Å². The number of benzene rings is 2. The summed E-state index contributed by atoms with van der Waals surface area (Å²) in [7, 11) is 0. The number of ether oxygens (including phenoxy) is 3. The second kappa shape index (κ2) is 7.10. The molecule has 7 nitrogen and oxygen atoms in total. The normalized spacial score (nSPS) is 11.8. The van der Waals surface area contributed by atoms with E-state index in [0.29, 0.717) is 22.9 Å². The smallest absolute Gasteiger partial charge is 0.321 e. The summed E-state index contributed by atoms with van der Waals surface area (Å²) in [6, 6.07) is 14.5. The van der Waals surface area contributed by atoms with Gasteiger partial charge in [0.05, 0.1) is 6.42 Å². The highest BCUT2D eigenvalue weighted by Gasteiger charge is 2.14. The number of carbonyl (C=O) groups is 1. The van der Waals surface area contributed by atoms with Crippen molar-refractivity contribution < 1.29 is 19.0 Å². The number of anilines is 1. The van der Waals surface area contributed by atoms with Gasteiger partial charge in [-0.05, 0) is 48.0 Å². The van der Waals surface area contributed by atoms with Crippen molar-refractivity contribution >= 4 is 11.6 Å². The van der Waals surface area contributed by atoms with Crippen molar-refractivity contribution in [3.8, 4) is 23.3 Å². The summed E-state index contributed by atoms with van der Waals surface area (Å²) in [6.07, 6.45) is 3.45. The number of carbonyl (C=O) groups excluding carboxylic acids is 1. The molecule has 4 rings (SSSR count). The second-order valence-corrected chi connectivity index (χ2v) is 5.57. The zero-order chi connectivity index (χ0) is 17.8. The largest absolute Gasteiger partial charge is 0.454 e. The molecule has 130 valence electrons. The predicted octanol–water partition coefficient (Wildman–Crippen LogP) is 3.18. The van der Waals surface area contributed by atoms with Gasteiger partial charge in [0.25, 0.3) is 0 Å². The summed E-state index contributed by atoms with van der Waals surface area (Å²) in [5.41, 5.74) is 1.53. The van der Waals surface area contributed by atoms with E-state index in [2.05, 4.69) is 15.3 Å². The summed E-state index contributed by atoms with van der Waals surface area (Å²) in [5, 5.41) is 2.85. The van der Waals surface area contributed by atoms with Gasteiger partial charge in [0.1, 0.15) is 5.75 Å².